The van der Waals surface area contributed by atoms with E-state index in [2.05, 4.69) is 0 Å². The van der Waals surface area contributed by atoms with E-state index in [0.717, 1.165) is 4.90 Å². The van der Waals surface area contributed by atoms with Crippen molar-refractivity contribution in [3.8, 4) is 5.75 Å². The fourth-order valence-electron chi connectivity index (χ4n) is 3.35. The Morgan fingerprint density at radius 2 is 1.69 bits per heavy atom. The molecule has 2 amide bonds. The van der Waals surface area contributed by atoms with Crippen molar-refractivity contribution in [2.24, 2.45) is 5.92 Å². The van der Waals surface area contributed by atoms with Crippen LogP contribution in [0.25, 0.3) is 0 Å². The summed E-state index contributed by atoms with van der Waals surface area (Å²) in [7, 11) is 1.43. The van der Waals surface area contributed by atoms with Crippen LogP contribution in [0.3, 0.4) is 0 Å². The summed E-state index contributed by atoms with van der Waals surface area (Å²) < 4.78 is 24.1. The van der Waals surface area contributed by atoms with Crippen LogP contribution in [0.1, 0.15) is 46.5 Å². The zero-order valence-electron chi connectivity index (χ0n) is 16.5. The van der Waals surface area contributed by atoms with Gasteiger partial charge in [0.15, 0.2) is 0 Å². The molecular weight excluding hydrogens is 377 g/mol. The van der Waals surface area contributed by atoms with Gasteiger partial charge in [-0.3, -0.25) is 14.5 Å². The fourth-order valence-corrected chi connectivity index (χ4v) is 3.35. The number of halogens is 1. The number of carbonyl (C=O) groups excluding carboxylic acids is 3. The van der Waals surface area contributed by atoms with E-state index in [1.807, 2.05) is 13.8 Å². The minimum Gasteiger partial charge on any atom is -0.496 e. The van der Waals surface area contributed by atoms with Crippen LogP contribution in [0.2, 0.25) is 0 Å². The van der Waals surface area contributed by atoms with Crippen LogP contribution in [0.5, 0.6) is 5.75 Å². The van der Waals surface area contributed by atoms with Crippen molar-refractivity contribution in [1.82, 2.24) is 4.90 Å². The molecular formula is C22H22FNO5. The molecule has 0 aliphatic carbocycles. The highest BCUT2D eigenvalue weighted by Gasteiger charge is 2.43. The van der Waals surface area contributed by atoms with Crippen molar-refractivity contribution in [3.05, 3.63) is 65.0 Å². The summed E-state index contributed by atoms with van der Waals surface area (Å²) in [5.41, 5.74) is 0.892. The third-order valence-corrected chi connectivity index (χ3v) is 4.72. The Morgan fingerprint density at radius 1 is 1.07 bits per heavy atom. The summed E-state index contributed by atoms with van der Waals surface area (Å²) in [5.74, 6) is -1.84. The molecule has 1 aliphatic heterocycles. The van der Waals surface area contributed by atoms with E-state index in [0.29, 0.717) is 11.3 Å². The molecule has 0 radical (unpaired) electrons. The largest absolute Gasteiger partial charge is 0.496 e. The number of methoxy groups -OCH3 is 1. The second kappa shape index (κ2) is 8.43. The van der Waals surface area contributed by atoms with Gasteiger partial charge in [-0.05, 0) is 42.7 Å². The monoisotopic (exact) mass is 399 g/mol. The van der Waals surface area contributed by atoms with Crippen molar-refractivity contribution < 1.29 is 28.2 Å². The van der Waals surface area contributed by atoms with Crippen molar-refractivity contribution in [3.63, 3.8) is 0 Å². The molecule has 0 fully saturated rings. The number of nitrogens with zero attached hydrogens (tertiary/aromatic N) is 1. The second-order valence-corrected chi connectivity index (χ2v) is 7.24. The van der Waals surface area contributed by atoms with Gasteiger partial charge in [0.1, 0.15) is 24.2 Å². The minimum atomic E-state index is -1.07. The number of ether oxygens (including phenoxy) is 2. The molecule has 0 unspecified atom stereocenters. The van der Waals surface area contributed by atoms with Crippen LogP contribution in [0, 0.1) is 11.7 Å². The van der Waals surface area contributed by atoms with Crippen LogP contribution in [0.15, 0.2) is 42.5 Å². The van der Waals surface area contributed by atoms with E-state index < -0.39 is 29.6 Å². The van der Waals surface area contributed by atoms with Gasteiger partial charge in [0.05, 0.1) is 18.2 Å². The van der Waals surface area contributed by atoms with Gasteiger partial charge in [0, 0.05) is 5.56 Å². The first-order chi connectivity index (χ1) is 13.8. The summed E-state index contributed by atoms with van der Waals surface area (Å²) in [5, 5.41) is 0. The lowest BCUT2D eigenvalue weighted by Crippen LogP contribution is -2.46. The number of fused-ring (bicyclic) bond motifs is 1. The summed E-state index contributed by atoms with van der Waals surface area (Å²) in [6, 6.07) is 9.28. The van der Waals surface area contributed by atoms with Crippen molar-refractivity contribution in [2.75, 3.05) is 7.11 Å². The van der Waals surface area contributed by atoms with Crippen molar-refractivity contribution >= 4 is 17.8 Å². The number of hydrogen-bond donors (Lipinski definition) is 0. The standard InChI is InChI=1S/C22H22FNO5/c1-13(2)10-18(24-20(25)16-6-4-5-7-17(16)21(24)26)22(27)29-12-14-11-15(23)8-9-19(14)28-3/h4-9,11,13,18H,10,12H2,1-3H3/t18-/m0/s1. The number of rotatable bonds is 7. The summed E-state index contributed by atoms with van der Waals surface area (Å²) in [6.07, 6.45) is 0.255. The Hall–Kier alpha value is -3.22. The zero-order chi connectivity index (χ0) is 21.1. The molecule has 0 N–H and O–H groups in total. The average molecular weight is 399 g/mol. The molecule has 6 nitrogen and oxygen atoms in total. The van der Waals surface area contributed by atoms with E-state index >= 15 is 0 Å². The minimum absolute atomic E-state index is 0.0283. The number of benzene rings is 2. The summed E-state index contributed by atoms with van der Waals surface area (Å²) in [6.45, 7) is 3.53. The Balaban J connectivity index is 1.83. The first-order valence-corrected chi connectivity index (χ1v) is 9.29. The topological polar surface area (TPSA) is 72.9 Å². The van der Waals surface area contributed by atoms with E-state index in [-0.39, 0.29) is 30.1 Å². The average Bonchev–Trinajstić information content (AvgIpc) is 2.95. The molecule has 1 atom stereocenters. The lowest BCUT2D eigenvalue weighted by Gasteiger charge is -2.26. The highest BCUT2D eigenvalue weighted by Crippen LogP contribution is 2.28. The van der Waals surface area contributed by atoms with Gasteiger partial charge in [-0.2, -0.15) is 0 Å². The van der Waals surface area contributed by atoms with Gasteiger partial charge < -0.3 is 9.47 Å². The molecule has 1 heterocycles. The quantitative estimate of drug-likeness (QED) is 0.526. The lowest BCUT2D eigenvalue weighted by molar-refractivity contribution is -0.150. The Morgan fingerprint density at radius 3 is 2.24 bits per heavy atom. The second-order valence-electron chi connectivity index (χ2n) is 7.24. The normalized spacial score (nSPS) is 14.2. The van der Waals surface area contributed by atoms with Crippen LogP contribution in [-0.4, -0.2) is 35.8 Å². The molecule has 2 aromatic carbocycles. The molecule has 0 bridgehead atoms. The van der Waals surface area contributed by atoms with Gasteiger partial charge in [-0.15, -0.1) is 0 Å². The molecule has 0 saturated heterocycles. The van der Waals surface area contributed by atoms with E-state index in [4.69, 9.17) is 9.47 Å². The van der Waals surface area contributed by atoms with Gasteiger partial charge in [-0.25, -0.2) is 9.18 Å². The molecule has 0 spiro atoms. The number of imide groups is 1. The molecule has 1 aliphatic rings. The van der Waals surface area contributed by atoms with Gasteiger partial charge in [0.2, 0.25) is 0 Å². The maximum absolute atomic E-state index is 13.5. The molecule has 152 valence electrons. The highest BCUT2D eigenvalue weighted by molar-refractivity contribution is 6.22. The van der Waals surface area contributed by atoms with E-state index in [9.17, 15) is 18.8 Å². The first-order valence-electron chi connectivity index (χ1n) is 9.29. The van der Waals surface area contributed by atoms with Crippen LogP contribution < -0.4 is 4.74 Å². The maximum Gasteiger partial charge on any atom is 0.329 e. The number of carbonyl (C=O) groups is 3. The molecule has 3 rings (SSSR count). The van der Waals surface area contributed by atoms with Crippen LogP contribution in [-0.2, 0) is 16.1 Å². The predicted octanol–water partition coefficient (Wildman–Crippen LogP) is 3.59. The van der Waals surface area contributed by atoms with Crippen LogP contribution in [0.4, 0.5) is 4.39 Å². The third kappa shape index (κ3) is 4.13. The van der Waals surface area contributed by atoms with E-state index in [1.165, 1.54) is 25.3 Å². The zero-order valence-corrected chi connectivity index (χ0v) is 16.5. The number of hydrogen-bond acceptors (Lipinski definition) is 5. The third-order valence-electron chi connectivity index (χ3n) is 4.72. The molecule has 29 heavy (non-hydrogen) atoms. The van der Waals surface area contributed by atoms with Gasteiger partial charge in [0.25, 0.3) is 11.8 Å². The summed E-state index contributed by atoms with van der Waals surface area (Å²) >= 11 is 0. The Kier molecular flexibility index (Phi) is 5.96. The SMILES string of the molecule is COc1ccc(F)cc1COC(=O)[C@H](CC(C)C)N1C(=O)c2ccccc2C1=O. The molecule has 0 saturated carbocycles. The smallest absolute Gasteiger partial charge is 0.329 e. The van der Waals surface area contributed by atoms with E-state index in [1.54, 1.807) is 24.3 Å². The number of esters is 1. The molecule has 2 aromatic rings. The van der Waals surface area contributed by atoms with Crippen LogP contribution >= 0.6 is 0 Å². The van der Waals surface area contributed by atoms with Gasteiger partial charge in [-0.1, -0.05) is 26.0 Å². The molecule has 7 heteroatoms. The first kappa shape index (κ1) is 20.5. The summed E-state index contributed by atoms with van der Waals surface area (Å²) in [4.78, 5) is 39.4. The number of amides is 2. The van der Waals surface area contributed by atoms with Crippen molar-refractivity contribution in [2.45, 2.75) is 32.9 Å². The molecule has 0 aromatic heterocycles. The highest BCUT2D eigenvalue weighted by atomic mass is 19.1. The van der Waals surface area contributed by atoms with Gasteiger partial charge >= 0.3 is 5.97 Å². The Bertz CT molecular complexity index is 921. The van der Waals surface area contributed by atoms with Crippen molar-refractivity contribution in [1.29, 1.82) is 0 Å². The predicted molar refractivity (Wildman–Crippen MR) is 103 cm³/mol. The Labute approximate surface area is 168 Å². The lowest BCUT2D eigenvalue weighted by atomic mass is 10.0. The fraction of sp³-hybridized carbons (Fsp3) is 0.318. The maximum atomic E-state index is 13.5.